The Kier molecular flexibility index (Phi) is 5.33. The first-order chi connectivity index (χ1) is 21.7. The lowest BCUT2D eigenvalue weighted by molar-refractivity contribution is -0.659. The molecular weight excluding hydrogens is 534 g/mol. The van der Waals surface area contributed by atoms with E-state index in [9.17, 15) is 0 Å². The summed E-state index contributed by atoms with van der Waals surface area (Å²) >= 11 is 0. The zero-order chi connectivity index (χ0) is 29.4. The van der Waals surface area contributed by atoms with E-state index in [1.165, 1.54) is 76.9 Å². The van der Waals surface area contributed by atoms with Crippen molar-refractivity contribution in [3.63, 3.8) is 0 Å². The van der Waals surface area contributed by atoms with Crippen LogP contribution in [0.3, 0.4) is 0 Å². The molecule has 208 valence electrons. The molecule has 9 rings (SSSR count). The summed E-state index contributed by atoms with van der Waals surface area (Å²) in [5.41, 5.74) is 10.9. The number of rotatable bonds is 3. The van der Waals surface area contributed by atoms with Crippen LogP contribution in [0.5, 0.6) is 0 Å². The first-order valence-corrected chi connectivity index (χ1v) is 15.2. The van der Waals surface area contributed by atoms with Crippen molar-refractivity contribution < 1.29 is 4.57 Å². The van der Waals surface area contributed by atoms with Crippen LogP contribution in [0.2, 0.25) is 0 Å². The molecule has 3 heteroatoms. The Labute approximate surface area is 255 Å². The van der Waals surface area contributed by atoms with Crippen molar-refractivity contribution >= 4 is 54.4 Å². The number of para-hydroxylation sites is 3. The molecular formula is C41H30N3+. The zero-order valence-corrected chi connectivity index (χ0v) is 24.7. The Morgan fingerprint density at radius 2 is 0.977 bits per heavy atom. The molecule has 0 saturated carbocycles. The molecule has 0 atom stereocenters. The fraction of sp³-hybridized carbons (Fsp3) is 0.0488. The van der Waals surface area contributed by atoms with E-state index in [4.69, 9.17) is 0 Å². The van der Waals surface area contributed by atoms with E-state index in [-0.39, 0.29) is 0 Å². The molecule has 0 spiro atoms. The number of fused-ring (bicyclic) bond motifs is 7. The Balaban J connectivity index is 1.43. The van der Waals surface area contributed by atoms with Gasteiger partial charge in [-0.1, -0.05) is 84.9 Å². The predicted octanol–water partition coefficient (Wildman–Crippen LogP) is 9.83. The summed E-state index contributed by atoms with van der Waals surface area (Å²) in [6.45, 7) is 2.22. The second kappa shape index (κ2) is 9.42. The van der Waals surface area contributed by atoms with Gasteiger partial charge in [0.15, 0.2) is 6.20 Å². The van der Waals surface area contributed by atoms with Crippen LogP contribution in [0.1, 0.15) is 5.56 Å². The number of pyridine rings is 1. The number of nitrogens with zero attached hydrogens (tertiary/aromatic N) is 3. The molecule has 0 radical (unpaired) electrons. The molecule has 0 bridgehead atoms. The number of aryl methyl sites for hydroxylation is 2. The molecule has 0 N–H and O–H groups in total. The quantitative estimate of drug-likeness (QED) is 0.190. The maximum absolute atomic E-state index is 2.43. The minimum atomic E-state index is 1.16. The zero-order valence-electron chi connectivity index (χ0n) is 24.7. The number of hydrogen-bond acceptors (Lipinski definition) is 0. The Hall–Kier alpha value is -5.67. The van der Waals surface area contributed by atoms with Crippen LogP contribution in [0.4, 0.5) is 0 Å². The van der Waals surface area contributed by atoms with Crippen LogP contribution < -0.4 is 4.57 Å². The fourth-order valence-corrected chi connectivity index (χ4v) is 7.17. The predicted molar refractivity (Wildman–Crippen MR) is 184 cm³/mol. The molecule has 3 aromatic heterocycles. The average molecular weight is 565 g/mol. The number of aromatic nitrogens is 3. The first-order valence-electron chi connectivity index (χ1n) is 15.2. The third-order valence-electron chi connectivity index (χ3n) is 9.21. The van der Waals surface area contributed by atoms with Crippen molar-refractivity contribution in [2.75, 3.05) is 0 Å². The van der Waals surface area contributed by atoms with Gasteiger partial charge in [-0.3, -0.25) is 0 Å². The van der Waals surface area contributed by atoms with E-state index in [1.54, 1.807) is 0 Å². The van der Waals surface area contributed by atoms with Crippen LogP contribution in [0, 0.1) is 6.92 Å². The first kappa shape index (κ1) is 24.9. The number of benzene rings is 6. The Bertz CT molecular complexity index is 2550. The van der Waals surface area contributed by atoms with Gasteiger partial charge in [0, 0.05) is 44.5 Å². The maximum atomic E-state index is 2.43. The second-order valence-electron chi connectivity index (χ2n) is 11.8. The molecule has 3 heterocycles. The summed E-state index contributed by atoms with van der Waals surface area (Å²) in [5.74, 6) is 0. The largest absolute Gasteiger partial charge is 0.309 e. The van der Waals surface area contributed by atoms with Crippen LogP contribution >= 0.6 is 0 Å². The third-order valence-corrected chi connectivity index (χ3v) is 9.21. The van der Waals surface area contributed by atoms with Crippen molar-refractivity contribution in [1.29, 1.82) is 0 Å². The molecule has 0 amide bonds. The van der Waals surface area contributed by atoms with Crippen LogP contribution in [-0.4, -0.2) is 9.13 Å². The topological polar surface area (TPSA) is 13.7 Å². The normalized spacial score (nSPS) is 11.9. The van der Waals surface area contributed by atoms with Crippen molar-refractivity contribution in [2.45, 2.75) is 6.92 Å². The highest BCUT2D eigenvalue weighted by Crippen LogP contribution is 2.40. The number of hydrogen-bond donors (Lipinski definition) is 0. The fourth-order valence-electron chi connectivity index (χ4n) is 7.17. The van der Waals surface area contributed by atoms with Crippen LogP contribution in [0.15, 0.2) is 146 Å². The van der Waals surface area contributed by atoms with Gasteiger partial charge in [0.25, 0.3) is 0 Å². The molecule has 6 aromatic carbocycles. The maximum Gasteiger partial charge on any atom is 0.213 e. The van der Waals surface area contributed by atoms with E-state index in [0.29, 0.717) is 0 Å². The molecule has 3 nitrogen and oxygen atoms in total. The summed E-state index contributed by atoms with van der Waals surface area (Å²) < 4.78 is 7.12. The molecule has 0 aliphatic carbocycles. The summed E-state index contributed by atoms with van der Waals surface area (Å²) in [5, 5.41) is 7.54. The molecule has 0 unspecified atom stereocenters. The third kappa shape index (κ3) is 3.59. The average Bonchev–Trinajstić information content (AvgIpc) is 3.55. The molecule has 0 aliphatic heterocycles. The van der Waals surface area contributed by atoms with Crippen molar-refractivity contribution in [1.82, 2.24) is 9.13 Å². The molecule has 0 saturated heterocycles. The highest BCUT2D eigenvalue weighted by molar-refractivity contribution is 6.19. The van der Waals surface area contributed by atoms with Crippen molar-refractivity contribution in [3.05, 3.63) is 151 Å². The summed E-state index contributed by atoms with van der Waals surface area (Å²) in [6, 6.07) is 50.7. The van der Waals surface area contributed by atoms with Gasteiger partial charge in [-0.15, -0.1) is 0 Å². The van der Waals surface area contributed by atoms with E-state index >= 15 is 0 Å². The van der Waals surface area contributed by atoms with E-state index in [1.807, 2.05) is 0 Å². The van der Waals surface area contributed by atoms with Gasteiger partial charge in [0.2, 0.25) is 5.69 Å². The highest BCUT2D eigenvalue weighted by Gasteiger charge is 2.23. The summed E-state index contributed by atoms with van der Waals surface area (Å²) in [4.78, 5) is 0. The van der Waals surface area contributed by atoms with Gasteiger partial charge in [-0.2, -0.15) is 4.57 Å². The highest BCUT2D eigenvalue weighted by atomic mass is 15.0. The molecule has 0 aliphatic rings. The molecule has 9 aromatic rings. The van der Waals surface area contributed by atoms with E-state index in [2.05, 4.69) is 173 Å². The standard InChI is InChI=1S/C41H30N3/c1-27-21-28-13-9-10-14-29(28)22-33(27)38-23-36-35-25-39-34(32-19-11-12-20-37(32)43(39)30-15-5-3-6-16-30)24-40(35)44(41(36)26-42(38)2)31-17-7-4-8-18-31/h3-26H,1-2H3/q+1. The van der Waals surface area contributed by atoms with Gasteiger partial charge in [-0.25, -0.2) is 0 Å². The second-order valence-corrected chi connectivity index (χ2v) is 11.8. The Morgan fingerprint density at radius 1 is 0.455 bits per heavy atom. The smallest absolute Gasteiger partial charge is 0.213 e. The summed E-state index contributed by atoms with van der Waals surface area (Å²) in [7, 11) is 2.17. The minimum Gasteiger partial charge on any atom is -0.309 e. The molecule has 0 fully saturated rings. The van der Waals surface area contributed by atoms with Gasteiger partial charge < -0.3 is 9.13 Å². The van der Waals surface area contributed by atoms with Crippen molar-refractivity contribution in [3.8, 4) is 22.6 Å². The SMILES string of the molecule is Cc1cc2ccccc2cc1-c1cc2c3cc4c(cc3n(-c3ccccc3)c2c[n+]1C)c1ccccc1n4-c1ccccc1. The van der Waals surface area contributed by atoms with Gasteiger partial charge in [0.1, 0.15) is 12.6 Å². The van der Waals surface area contributed by atoms with E-state index in [0.717, 1.165) is 5.69 Å². The van der Waals surface area contributed by atoms with Crippen LogP contribution in [0.25, 0.3) is 77.0 Å². The van der Waals surface area contributed by atoms with Gasteiger partial charge >= 0.3 is 0 Å². The van der Waals surface area contributed by atoms with Gasteiger partial charge in [0.05, 0.1) is 16.6 Å². The van der Waals surface area contributed by atoms with E-state index < -0.39 is 0 Å². The van der Waals surface area contributed by atoms with Crippen molar-refractivity contribution in [2.24, 2.45) is 7.05 Å². The monoisotopic (exact) mass is 564 g/mol. The van der Waals surface area contributed by atoms with Gasteiger partial charge in [-0.05, 0) is 71.8 Å². The Morgan fingerprint density at radius 3 is 1.66 bits per heavy atom. The molecule has 44 heavy (non-hydrogen) atoms. The van der Waals surface area contributed by atoms with Crippen LogP contribution in [-0.2, 0) is 7.05 Å². The lowest BCUT2D eigenvalue weighted by Gasteiger charge is -2.09. The summed E-state index contributed by atoms with van der Waals surface area (Å²) in [6.07, 6.45) is 2.31. The lowest BCUT2D eigenvalue weighted by atomic mass is 9.98. The minimum absolute atomic E-state index is 1.16. The lowest BCUT2D eigenvalue weighted by Crippen LogP contribution is -2.30.